The van der Waals surface area contributed by atoms with Crippen LogP contribution in [-0.4, -0.2) is 43.5 Å². The van der Waals surface area contributed by atoms with Crippen molar-refractivity contribution in [2.75, 3.05) is 27.4 Å². The molecule has 1 aromatic heterocycles. The third-order valence-corrected chi connectivity index (χ3v) is 4.92. The molecule has 31 heavy (non-hydrogen) atoms. The van der Waals surface area contributed by atoms with E-state index in [4.69, 9.17) is 18.6 Å². The molecule has 6 nitrogen and oxygen atoms in total. The fraction of sp³-hybridized carbons (Fsp3) is 0.360. The number of rotatable bonds is 11. The zero-order valence-corrected chi connectivity index (χ0v) is 18.6. The second kappa shape index (κ2) is 10.9. The summed E-state index contributed by atoms with van der Waals surface area (Å²) in [5.74, 6) is 2.97. The fourth-order valence-electron chi connectivity index (χ4n) is 3.60. The maximum Gasteiger partial charge on any atom is 0.161 e. The Morgan fingerprint density at radius 1 is 0.935 bits per heavy atom. The Morgan fingerprint density at radius 3 is 2.32 bits per heavy atom. The number of nitrogens with zero attached hydrogens (tertiary/aromatic N) is 1. The Hall–Kier alpha value is -2.96. The van der Waals surface area contributed by atoms with Crippen LogP contribution in [0.25, 0.3) is 0 Å². The fourth-order valence-corrected chi connectivity index (χ4v) is 3.60. The summed E-state index contributed by atoms with van der Waals surface area (Å²) < 4.78 is 22.1. The van der Waals surface area contributed by atoms with E-state index in [1.54, 1.807) is 20.5 Å². The van der Waals surface area contributed by atoms with Gasteiger partial charge in [-0.15, -0.1) is 0 Å². The summed E-state index contributed by atoms with van der Waals surface area (Å²) in [5, 5.41) is 10.7. The van der Waals surface area contributed by atoms with Crippen molar-refractivity contribution in [3.8, 4) is 17.2 Å². The van der Waals surface area contributed by atoms with Gasteiger partial charge in [-0.2, -0.15) is 0 Å². The molecule has 0 saturated heterocycles. The van der Waals surface area contributed by atoms with Gasteiger partial charge in [0, 0.05) is 13.1 Å². The van der Waals surface area contributed by atoms with E-state index in [0.29, 0.717) is 31.1 Å². The Kier molecular flexibility index (Phi) is 7.98. The van der Waals surface area contributed by atoms with Crippen LogP contribution in [0.3, 0.4) is 0 Å². The van der Waals surface area contributed by atoms with Gasteiger partial charge in [0.25, 0.3) is 0 Å². The van der Waals surface area contributed by atoms with Crippen LogP contribution in [0.4, 0.5) is 0 Å². The maximum atomic E-state index is 10.7. The molecule has 0 amide bonds. The van der Waals surface area contributed by atoms with Gasteiger partial charge in [0.05, 0.1) is 27.0 Å². The number of benzene rings is 2. The summed E-state index contributed by atoms with van der Waals surface area (Å²) in [5.41, 5.74) is 3.32. The van der Waals surface area contributed by atoms with Crippen molar-refractivity contribution in [3.63, 3.8) is 0 Å². The molecule has 3 aromatic rings. The van der Waals surface area contributed by atoms with Gasteiger partial charge in [0.2, 0.25) is 0 Å². The van der Waals surface area contributed by atoms with Gasteiger partial charge in [-0.3, -0.25) is 4.90 Å². The second-order valence-corrected chi connectivity index (χ2v) is 7.73. The maximum absolute atomic E-state index is 10.7. The highest BCUT2D eigenvalue weighted by Gasteiger charge is 2.16. The number of furan rings is 1. The van der Waals surface area contributed by atoms with E-state index in [9.17, 15) is 5.11 Å². The van der Waals surface area contributed by atoms with Gasteiger partial charge >= 0.3 is 0 Å². The lowest BCUT2D eigenvalue weighted by Gasteiger charge is -2.25. The summed E-state index contributed by atoms with van der Waals surface area (Å²) in [6, 6.07) is 15.7. The average molecular weight is 426 g/mol. The van der Waals surface area contributed by atoms with Crippen molar-refractivity contribution in [1.82, 2.24) is 4.90 Å². The summed E-state index contributed by atoms with van der Waals surface area (Å²) >= 11 is 0. The number of methoxy groups -OCH3 is 2. The van der Waals surface area contributed by atoms with Crippen LogP contribution in [0.2, 0.25) is 0 Å². The number of aliphatic hydroxyl groups is 1. The van der Waals surface area contributed by atoms with E-state index in [0.717, 1.165) is 28.2 Å². The molecular formula is C25H31NO5. The zero-order chi connectivity index (χ0) is 22.2. The van der Waals surface area contributed by atoms with Crippen LogP contribution in [0.15, 0.2) is 59.2 Å². The van der Waals surface area contributed by atoms with Crippen molar-refractivity contribution in [3.05, 3.63) is 77.2 Å². The van der Waals surface area contributed by atoms with Crippen LogP contribution in [0.1, 0.15) is 22.5 Å². The molecule has 0 spiro atoms. The molecule has 3 rings (SSSR count). The van der Waals surface area contributed by atoms with Gasteiger partial charge in [0.1, 0.15) is 24.2 Å². The quantitative estimate of drug-likeness (QED) is 0.493. The highest BCUT2D eigenvalue weighted by Crippen LogP contribution is 2.28. The monoisotopic (exact) mass is 425 g/mol. The number of hydrogen-bond donors (Lipinski definition) is 1. The minimum atomic E-state index is -0.657. The first-order valence-corrected chi connectivity index (χ1v) is 10.3. The molecule has 1 atom stereocenters. The molecule has 1 unspecified atom stereocenters. The van der Waals surface area contributed by atoms with Gasteiger partial charge in [-0.05, 0) is 66.9 Å². The lowest BCUT2D eigenvalue weighted by molar-refractivity contribution is 0.0604. The largest absolute Gasteiger partial charge is 0.493 e. The highest BCUT2D eigenvalue weighted by atomic mass is 16.5. The molecule has 0 aliphatic heterocycles. The van der Waals surface area contributed by atoms with Gasteiger partial charge in [-0.1, -0.05) is 12.1 Å². The highest BCUT2D eigenvalue weighted by molar-refractivity contribution is 5.42. The minimum Gasteiger partial charge on any atom is -0.493 e. The summed E-state index contributed by atoms with van der Waals surface area (Å²) in [6.45, 7) is 5.89. The van der Waals surface area contributed by atoms with Crippen LogP contribution in [0.5, 0.6) is 17.2 Å². The molecule has 0 saturated carbocycles. The molecule has 6 heteroatoms. The second-order valence-electron chi connectivity index (χ2n) is 7.73. The number of aliphatic hydroxyl groups excluding tert-OH is 1. The van der Waals surface area contributed by atoms with Crippen molar-refractivity contribution >= 4 is 0 Å². The van der Waals surface area contributed by atoms with E-state index < -0.39 is 6.10 Å². The summed E-state index contributed by atoms with van der Waals surface area (Å²) in [7, 11) is 3.24. The first kappa shape index (κ1) is 22.7. The minimum absolute atomic E-state index is 0.212. The first-order valence-electron chi connectivity index (χ1n) is 10.3. The van der Waals surface area contributed by atoms with Crippen LogP contribution in [0, 0.1) is 13.8 Å². The molecule has 0 aliphatic carbocycles. The first-order chi connectivity index (χ1) is 15.0. The zero-order valence-electron chi connectivity index (χ0n) is 18.6. The third kappa shape index (κ3) is 6.77. The molecule has 0 aliphatic rings. The topological polar surface area (TPSA) is 64.3 Å². The number of aryl methyl sites for hydroxylation is 2. The molecular weight excluding hydrogens is 394 g/mol. The van der Waals surface area contributed by atoms with E-state index in [1.807, 2.05) is 56.3 Å². The van der Waals surface area contributed by atoms with Gasteiger partial charge in [-0.25, -0.2) is 0 Å². The molecule has 166 valence electrons. The van der Waals surface area contributed by atoms with Crippen molar-refractivity contribution in [1.29, 1.82) is 0 Å². The van der Waals surface area contributed by atoms with E-state index in [1.165, 1.54) is 0 Å². The van der Waals surface area contributed by atoms with E-state index >= 15 is 0 Å². The molecule has 0 fully saturated rings. The standard InChI is InChI=1S/C25H31NO5/c1-18-10-19(2)12-23(11-18)31-17-21(27)15-26(16-22-6-5-9-30-22)14-20-7-8-24(28-3)25(13-20)29-4/h5-13,21,27H,14-17H2,1-4H3. The van der Waals surface area contributed by atoms with Gasteiger partial charge < -0.3 is 23.7 Å². The molecule has 0 bridgehead atoms. The Morgan fingerprint density at radius 2 is 1.68 bits per heavy atom. The number of ether oxygens (including phenoxy) is 3. The Balaban J connectivity index is 1.66. The van der Waals surface area contributed by atoms with Crippen LogP contribution >= 0.6 is 0 Å². The third-order valence-electron chi connectivity index (χ3n) is 4.92. The normalized spacial score (nSPS) is 12.1. The van der Waals surface area contributed by atoms with Crippen LogP contribution < -0.4 is 14.2 Å². The summed E-state index contributed by atoms with van der Waals surface area (Å²) in [6.07, 6.45) is 1.000. The Bertz CT molecular complexity index is 934. The molecule has 2 aromatic carbocycles. The average Bonchev–Trinajstić information content (AvgIpc) is 3.24. The van der Waals surface area contributed by atoms with Gasteiger partial charge in [0.15, 0.2) is 11.5 Å². The lowest BCUT2D eigenvalue weighted by atomic mass is 10.1. The predicted molar refractivity (Wildman–Crippen MR) is 120 cm³/mol. The Labute approximate surface area is 184 Å². The summed E-state index contributed by atoms with van der Waals surface area (Å²) in [4.78, 5) is 2.12. The molecule has 1 heterocycles. The van der Waals surface area contributed by atoms with E-state index in [2.05, 4.69) is 11.0 Å². The van der Waals surface area contributed by atoms with Crippen LogP contribution in [-0.2, 0) is 13.1 Å². The predicted octanol–water partition coefficient (Wildman–Crippen LogP) is 4.36. The van der Waals surface area contributed by atoms with Crippen molar-refractivity contribution in [2.24, 2.45) is 0 Å². The number of hydrogen-bond acceptors (Lipinski definition) is 6. The smallest absolute Gasteiger partial charge is 0.161 e. The van der Waals surface area contributed by atoms with Crippen molar-refractivity contribution < 1.29 is 23.7 Å². The molecule has 1 N–H and O–H groups in total. The van der Waals surface area contributed by atoms with Crippen molar-refractivity contribution in [2.45, 2.75) is 33.0 Å². The SMILES string of the molecule is COc1ccc(CN(Cc2ccco2)CC(O)COc2cc(C)cc(C)c2)cc1OC. The lowest BCUT2D eigenvalue weighted by Crippen LogP contribution is -2.35. The van der Waals surface area contributed by atoms with E-state index in [-0.39, 0.29) is 6.61 Å². The molecule has 0 radical (unpaired) electrons.